The van der Waals surface area contributed by atoms with E-state index in [2.05, 4.69) is 28.1 Å². The SMILES string of the molecule is CC(C)CC(N)C(=O)NC(Cc1ccc(NCc2ccccc2)cc1)C(=O)NC(C)(C)C. The largest absolute Gasteiger partial charge is 0.381 e. The Balaban J connectivity index is 2.05. The van der Waals surface area contributed by atoms with Crippen molar-refractivity contribution in [3.05, 3.63) is 65.7 Å². The lowest BCUT2D eigenvalue weighted by atomic mass is 10.0. The van der Waals surface area contributed by atoms with Crippen LogP contribution in [0.1, 0.15) is 52.2 Å². The summed E-state index contributed by atoms with van der Waals surface area (Å²) in [7, 11) is 0. The smallest absolute Gasteiger partial charge is 0.243 e. The van der Waals surface area contributed by atoms with Gasteiger partial charge in [-0.25, -0.2) is 0 Å². The summed E-state index contributed by atoms with van der Waals surface area (Å²) in [6.45, 7) is 10.5. The molecule has 2 aromatic carbocycles. The molecule has 2 amide bonds. The number of anilines is 1. The van der Waals surface area contributed by atoms with Crippen molar-refractivity contribution in [2.24, 2.45) is 11.7 Å². The lowest BCUT2D eigenvalue weighted by molar-refractivity contribution is -0.130. The molecule has 0 aromatic heterocycles. The Labute approximate surface area is 192 Å². The van der Waals surface area contributed by atoms with Gasteiger partial charge in [0.15, 0.2) is 0 Å². The van der Waals surface area contributed by atoms with Gasteiger partial charge in [-0.2, -0.15) is 0 Å². The zero-order valence-electron chi connectivity index (χ0n) is 19.9. The number of amides is 2. The number of rotatable bonds is 10. The first-order valence-electron chi connectivity index (χ1n) is 11.3. The third kappa shape index (κ3) is 9.10. The number of carbonyl (C=O) groups excluding carboxylic acids is 2. The van der Waals surface area contributed by atoms with Crippen molar-refractivity contribution in [3.63, 3.8) is 0 Å². The molecule has 0 radical (unpaired) electrons. The molecule has 6 nitrogen and oxygen atoms in total. The maximum atomic E-state index is 12.9. The minimum Gasteiger partial charge on any atom is -0.381 e. The van der Waals surface area contributed by atoms with E-state index in [1.165, 1.54) is 5.56 Å². The molecule has 0 saturated carbocycles. The predicted octanol–water partition coefficient (Wildman–Crippen LogP) is 3.61. The fraction of sp³-hybridized carbons (Fsp3) is 0.462. The second-order valence-corrected chi connectivity index (χ2v) is 9.78. The van der Waals surface area contributed by atoms with Crippen LogP contribution in [0, 0.1) is 5.92 Å². The van der Waals surface area contributed by atoms with Crippen LogP contribution < -0.4 is 21.7 Å². The Morgan fingerprint density at radius 3 is 2.09 bits per heavy atom. The van der Waals surface area contributed by atoms with Crippen LogP contribution in [0.5, 0.6) is 0 Å². The summed E-state index contributed by atoms with van der Waals surface area (Å²) in [6.07, 6.45) is 0.961. The number of hydrogen-bond acceptors (Lipinski definition) is 4. The van der Waals surface area contributed by atoms with E-state index in [9.17, 15) is 9.59 Å². The van der Waals surface area contributed by atoms with Gasteiger partial charge >= 0.3 is 0 Å². The molecule has 0 heterocycles. The molecule has 0 spiro atoms. The summed E-state index contributed by atoms with van der Waals surface area (Å²) >= 11 is 0. The Hall–Kier alpha value is -2.86. The summed E-state index contributed by atoms with van der Waals surface area (Å²) in [4.78, 5) is 25.5. The second-order valence-electron chi connectivity index (χ2n) is 9.78. The molecule has 0 bridgehead atoms. The van der Waals surface area contributed by atoms with Crippen molar-refractivity contribution in [3.8, 4) is 0 Å². The summed E-state index contributed by atoms with van der Waals surface area (Å²) in [6, 6.07) is 16.8. The number of hydrogen-bond donors (Lipinski definition) is 4. The monoisotopic (exact) mass is 438 g/mol. The number of benzene rings is 2. The highest BCUT2D eigenvalue weighted by atomic mass is 16.2. The van der Waals surface area contributed by atoms with Crippen LogP contribution in [0.2, 0.25) is 0 Å². The first-order chi connectivity index (χ1) is 15.0. The summed E-state index contributed by atoms with van der Waals surface area (Å²) in [5.74, 6) is -0.212. The van der Waals surface area contributed by atoms with Gasteiger partial charge < -0.3 is 21.7 Å². The van der Waals surface area contributed by atoms with Crippen LogP contribution in [0.15, 0.2) is 54.6 Å². The van der Waals surface area contributed by atoms with Crippen molar-refractivity contribution in [1.82, 2.24) is 10.6 Å². The quantitative estimate of drug-likeness (QED) is 0.456. The molecule has 2 rings (SSSR count). The van der Waals surface area contributed by atoms with Crippen molar-refractivity contribution in [2.75, 3.05) is 5.32 Å². The lowest BCUT2D eigenvalue weighted by Gasteiger charge is -2.26. The fourth-order valence-electron chi connectivity index (χ4n) is 3.35. The van der Waals surface area contributed by atoms with Crippen LogP contribution in [0.4, 0.5) is 5.69 Å². The highest BCUT2D eigenvalue weighted by Crippen LogP contribution is 2.14. The number of nitrogens with one attached hydrogen (secondary N) is 3. The molecule has 6 heteroatoms. The Bertz CT molecular complexity index is 858. The summed E-state index contributed by atoms with van der Waals surface area (Å²) < 4.78 is 0. The summed E-state index contributed by atoms with van der Waals surface area (Å²) in [5.41, 5.74) is 8.80. The molecule has 0 fully saturated rings. The predicted molar refractivity (Wildman–Crippen MR) is 131 cm³/mol. The van der Waals surface area contributed by atoms with Gasteiger partial charge in [-0.05, 0) is 56.4 Å². The Morgan fingerprint density at radius 1 is 0.906 bits per heavy atom. The van der Waals surface area contributed by atoms with Gasteiger partial charge in [0.2, 0.25) is 11.8 Å². The average molecular weight is 439 g/mol. The minimum atomic E-state index is -0.692. The topological polar surface area (TPSA) is 96.2 Å². The van der Waals surface area contributed by atoms with E-state index >= 15 is 0 Å². The average Bonchev–Trinajstić information content (AvgIpc) is 2.71. The molecule has 2 atom stereocenters. The second kappa shape index (κ2) is 11.7. The van der Waals surface area contributed by atoms with E-state index in [4.69, 9.17) is 5.73 Å². The first-order valence-corrected chi connectivity index (χ1v) is 11.3. The van der Waals surface area contributed by atoms with Gasteiger partial charge in [-0.3, -0.25) is 9.59 Å². The summed E-state index contributed by atoms with van der Waals surface area (Å²) in [5, 5.41) is 9.23. The molecule has 174 valence electrons. The third-order valence-corrected chi connectivity index (χ3v) is 4.93. The van der Waals surface area contributed by atoms with Crippen LogP contribution in [-0.2, 0) is 22.6 Å². The van der Waals surface area contributed by atoms with E-state index < -0.39 is 17.6 Å². The van der Waals surface area contributed by atoms with E-state index in [-0.39, 0.29) is 11.8 Å². The van der Waals surface area contributed by atoms with Crippen molar-refractivity contribution in [2.45, 2.75) is 71.6 Å². The van der Waals surface area contributed by atoms with Crippen molar-refractivity contribution < 1.29 is 9.59 Å². The highest BCUT2D eigenvalue weighted by molar-refractivity contribution is 5.90. The van der Waals surface area contributed by atoms with E-state index in [1.54, 1.807) is 0 Å². The zero-order chi connectivity index (χ0) is 23.7. The molecular formula is C26H38N4O2. The Kier molecular flexibility index (Phi) is 9.27. The molecule has 2 aromatic rings. The van der Waals surface area contributed by atoms with Gasteiger partial charge in [0, 0.05) is 24.2 Å². The van der Waals surface area contributed by atoms with Gasteiger partial charge in [-0.1, -0.05) is 56.3 Å². The molecule has 0 aliphatic heterocycles. The number of nitrogens with two attached hydrogens (primary N) is 1. The Morgan fingerprint density at radius 2 is 1.53 bits per heavy atom. The molecule has 0 aliphatic rings. The van der Waals surface area contributed by atoms with E-state index in [0.29, 0.717) is 18.8 Å². The van der Waals surface area contributed by atoms with Crippen LogP contribution in [0.3, 0.4) is 0 Å². The van der Waals surface area contributed by atoms with Gasteiger partial charge in [0.1, 0.15) is 6.04 Å². The molecule has 2 unspecified atom stereocenters. The normalized spacial score (nSPS) is 13.3. The van der Waals surface area contributed by atoms with E-state index in [1.807, 2.05) is 77.1 Å². The van der Waals surface area contributed by atoms with Gasteiger partial charge in [-0.15, -0.1) is 0 Å². The van der Waals surface area contributed by atoms with Gasteiger partial charge in [0.25, 0.3) is 0 Å². The van der Waals surface area contributed by atoms with Crippen LogP contribution in [0.25, 0.3) is 0 Å². The van der Waals surface area contributed by atoms with Crippen molar-refractivity contribution in [1.29, 1.82) is 0 Å². The van der Waals surface area contributed by atoms with Crippen molar-refractivity contribution >= 4 is 17.5 Å². The minimum absolute atomic E-state index is 0.214. The molecule has 32 heavy (non-hydrogen) atoms. The maximum absolute atomic E-state index is 12.9. The first kappa shape index (κ1) is 25.4. The zero-order valence-corrected chi connectivity index (χ0v) is 19.9. The maximum Gasteiger partial charge on any atom is 0.243 e. The molecule has 0 saturated heterocycles. The fourth-order valence-corrected chi connectivity index (χ4v) is 3.35. The van der Waals surface area contributed by atoms with Crippen LogP contribution >= 0.6 is 0 Å². The third-order valence-electron chi connectivity index (χ3n) is 4.93. The lowest BCUT2D eigenvalue weighted by Crippen LogP contribution is -2.55. The molecule has 0 aliphatic carbocycles. The molecular weight excluding hydrogens is 400 g/mol. The highest BCUT2D eigenvalue weighted by Gasteiger charge is 2.27. The van der Waals surface area contributed by atoms with Crippen LogP contribution in [-0.4, -0.2) is 29.4 Å². The van der Waals surface area contributed by atoms with E-state index in [0.717, 1.165) is 17.8 Å². The van der Waals surface area contributed by atoms with Gasteiger partial charge in [0.05, 0.1) is 6.04 Å². The molecule has 5 N–H and O–H groups in total. The standard InChI is InChI=1S/C26H38N4O2/c1-18(2)15-22(27)24(31)29-23(25(32)30-26(3,4)5)16-19-11-13-21(14-12-19)28-17-20-9-7-6-8-10-20/h6-14,18,22-23,28H,15-17,27H2,1-5H3,(H,29,31)(H,30,32). The number of carbonyl (C=O) groups is 2.